The Hall–Kier alpha value is -4.51. The average Bonchev–Trinajstić information content (AvgIpc) is 3.34. The summed E-state index contributed by atoms with van der Waals surface area (Å²) in [4.78, 5) is 22.0. The SMILES string of the molecule is CCCCCCCCCCCCCCc1ccc(N=Cc2ccc(OCCCCCOC(=O)c3ccc(C=Nc4ccc(CCCCCCCCCCCCCC)cc4)cc3)cc2)cc1. The van der Waals surface area contributed by atoms with Crippen molar-refractivity contribution in [1.82, 2.24) is 0 Å². The van der Waals surface area contributed by atoms with Crippen LogP contribution in [-0.4, -0.2) is 31.6 Å². The molecule has 0 heterocycles. The first-order chi connectivity index (χ1) is 32.1. The second kappa shape index (κ2) is 35.7. The second-order valence-electron chi connectivity index (χ2n) is 18.4. The van der Waals surface area contributed by atoms with Crippen molar-refractivity contribution in [3.8, 4) is 5.75 Å². The van der Waals surface area contributed by atoms with Crippen LogP contribution in [0.4, 0.5) is 11.4 Å². The largest absolute Gasteiger partial charge is 0.494 e. The van der Waals surface area contributed by atoms with E-state index in [-0.39, 0.29) is 5.97 Å². The van der Waals surface area contributed by atoms with Gasteiger partial charge in [0, 0.05) is 12.4 Å². The summed E-state index contributed by atoms with van der Waals surface area (Å²) in [5.74, 6) is 0.557. The highest BCUT2D eigenvalue weighted by Crippen LogP contribution is 2.20. The highest BCUT2D eigenvalue weighted by molar-refractivity contribution is 5.91. The van der Waals surface area contributed by atoms with Crippen molar-refractivity contribution in [2.75, 3.05) is 13.2 Å². The molecule has 4 aromatic rings. The zero-order chi connectivity index (χ0) is 45.7. The fraction of sp³-hybridized carbons (Fsp3) is 0.550. The first-order valence-electron chi connectivity index (χ1n) is 26.4. The Kier molecular flexibility index (Phi) is 29.2. The average molecular weight is 883 g/mol. The number of hydrogen-bond acceptors (Lipinski definition) is 5. The van der Waals surface area contributed by atoms with Crippen LogP contribution in [0.1, 0.15) is 220 Å². The van der Waals surface area contributed by atoms with Crippen LogP contribution in [0.5, 0.6) is 5.75 Å². The maximum atomic E-state index is 12.6. The third-order valence-corrected chi connectivity index (χ3v) is 12.6. The Morgan fingerprint density at radius 3 is 1.17 bits per heavy atom. The zero-order valence-corrected chi connectivity index (χ0v) is 40.9. The molecule has 0 aromatic heterocycles. The Morgan fingerprint density at radius 1 is 0.400 bits per heavy atom. The molecule has 65 heavy (non-hydrogen) atoms. The minimum atomic E-state index is -0.292. The van der Waals surface area contributed by atoms with Crippen molar-refractivity contribution in [2.24, 2.45) is 9.98 Å². The van der Waals surface area contributed by atoms with E-state index in [1.165, 1.54) is 165 Å². The number of rotatable bonds is 38. The summed E-state index contributed by atoms with van der Waals surface area (Å²) >= 11 is 0. The lowest BCUT2D eigenvalue weighted by atomic mass is 10.0. The maximum Gasteiger partial charge on any atom is 0.338 e. The molecule has 0 fully saturated rings. The minimum absolute atomic E-state index is 0.292. The fourth-order valence-corrected chi connectivity index (χ4v) is 8.31. The van der Waals surface area contributed by atoms with Crippen molar-refractivity contribution in [3.05, 3.63) is 125 Å². The van der Waals surface area contributed by atoms with E-state index in [2.05, 4.69) is 72.4 Å². The molecule has 0 saturated heterocycles. The van der Waals surface area contributed by atoms with Gasteiger partial charge < -0.3 is 9.47 Å². The number of nitrogens with zero attached hydrogens (tertiary/aromatic N) is 2. The van der Waals surface area contributed by atoms with Gasteiger partial charge in [-0.05, 0) is 128 Å². The summed E-state index contributed by atoms with van der Waals surface area (Å²) in [6.07, 6.45) is 41.8. The van der Waals surface area contributed by atoms with E-state index in [4.69, 9.17) is 9.47 Å². The Morgan fingerprint density at radius 2 is 0.754 bits per heavy atom. The zero-order valence-electron chi connectivity index (χ0n) is 40.9. The van der Waals surface area contributed by atoms with E-state index in [0.29, 0.717) is 18.8 Å². The minimum Gasteiger partial charge on any atom is -0.494 e. The molecule has 0 aliphatic rings. The number of carbonyl (C=O) groups is 1. The molecule has 5 heteroatoms. The van der Waals surface area contributed by atoms with Gasteiger partial charge in [-0.15, -0.1) is 0 Å². The number of unbranched alkanes of at least 4 members (excludes halogenated alkanes) is 24. The van der Waals surface area contributed by atoms with Gasteiger partial charge >= 0.3 is 5.97 Å². The van der Waals surface area contributed by atoms with E-state index < -0.39 is 0 Å². The molecule has 4 rings (SSSR count). The van der Waals surface area contributed by atoms with Crippen LogP contribution in [0, 0.1) is 0 Å². The van der Waals surface area contributed by atoms with Crippen LogP contribution in [0.15, 0.2) is 107 Å². The van der Waals surface area contributed by atoms with E-state index in [1.54, 1.807) is 0 Å². The molecule has 0 aliphatic carbocycles. The number of benzene rings is 4. The molecule has 0 radical (unpaired) electrons. The molecule has 0 amide bonds. The van der Waals surface area contributed by atoms with Gasteiger partial charge in [0.2, 0.25) is 0 Å². The van der Waals surface area contributed by atoms with Gasteiger partial charge in [0.05, 0.1) is 30.2 Å². The van der Waals surface area contributed by atoms with E-state index in [0.717, 1.165) is 60.4 Å². The summed E-state index contributed by atoms with van der Waals surface area (Å²) in [6, 6.07) is 32.8. The summed E-state index contributed by atoms with van der Waals surface area (Å²) in [7, 11) is 0. The van der Waals surface area contributed by atoms with Gasteiger partial charge in [0.1, 0.15) is 5.75 Å². The lowest BCUT2D eigenvalue weighted by molar-refractivity contribution is 0.0497. The molecule has 0 saturated carbocycles. The number of aryl methyl sites for hydroxylation is 2. The molecule has 0 N–H and O–H groups in total. The van der Waals surface area contributed by atoms with Crippen LogP contribution in [0.25, 0.3) is 0 Å². The van der Waals surface area contributed by atoms with Gasteiger partial charge in [-0.2, -0.15) is 0 Å². The lowest BCUT2D eigenvalue weighted by Crippen LogP contribution is -2.07. The number of ether oxygens (including phenoxy) is 2. The van der Waals surface area contributed by atoms with Crippen molar-refractivity contribution in [2.45, 2.75) is 200 Å². The van der Waals surface area contributed by atoms with Crippen molar-refractivity contribution >= 4 is 29.8 Å². The first-order valence-corrected chi connectivity index (χ1v) is 26.4. The normalized spacial score (nSPS) is 11.5. The summed E-state index contributed by atoms with van der Waals surface area (Å²) < 4.78 is 11.5. The monoisotopic (exact) mass is 883 g/mol. The molecule has 4 aromatic carbocycles. The highest BCUT2D eigenvalue weighted by atomic mass is 16.5. The van der Waals surface area contributed by atoms with Crippen LogP contribution in [0.3, 0.4) is 0 Å². The number of aliphatic imine (C=N–C) groups is 2. The van der Waals surface area contributed by atoms with Gasteiger partial charge in [0.15, 0.2) is 0 Å². The standard InChI is InChI=1S/C60H86N2O3/c1-3-5-7-9-11-13-15-17-19-21-23-26-30-52-34-42-57(43-35-52)61-50-54-32-40-56(41-33-54)60(63)65-49-29-25-28-48-64-59-46-38-55(39-47-59)51-62-58-44-36-53(37-45-58)31-27-24-22-20-18-16-14-12-10-8-6-4-2/h32-47,50-51H,3-31,48-49H2,1-2H3. The number of hydrogen-bond donors (Lipinski definition) is 0. The summed E-state index contributed by atoms with van der Waals surface area (Å²) in [5, 5.41) is 0. The first kappa shape index (κ1) is 53.1. The van der Waals surface area contributed by atoms with Gasteiger partial charge in [-0.25, -0.2) is 4.79 Å². The van der Waals surface area contributed by atoms with Crippen LogP contribution >= 0.6 is 0 Å². The smallest absolute Gasteiger partial charge is 0.338 e. The van der Waals surface area contributed by atoms with E-state index in [9.17, 15) is 4.79 Å². The summed E-state index contributed by atoms with van der Waals surface area (Å²) in [5.41, 5.74) is 7.24. The third kappa shape index (κ3) is 25.7. The molecular weight excluding hydrogens is 797 g/mol. The van der Waals surface area contributed by atoms with Gasteiger partial charge in [-0.3, -0.25) is 9.98 Å². The molecule has 0 atom stereocenters. The molecule has 0 bridgehead atoms. The van der Waals surface area contributed by atoms with Crippen molar-refractivity contribution < 1.29 is 14.3 Å². The Balaban J connectivity index is 0.980. The molecule has 0 unspecified atom stereocenters. The van der Waals surface area contributed by atoms with E-state index in [1.807, 2.05) is 61.0 Å². The third-order valence-electron chi connectivity index (χ3n) is 12.6. The highest BCUT2D eigenvalue weighted by Gasteiger charge is 2.07. The van der Waals surface area contributed by atoms with E-state index >= 15 is 0 Å². The van der Waals surface area contributed by atoms with Crippen LogP contribution < -0.4 is 4.74 Å². The maximum absolute atomic E-state index is 12.6. The van der Waals surface area contributed by atoms with Crippen molar-refractivity contribution in [3.63, 3.8) is 0 Å². The summed E-state index contributed by atoms with van der Waals surface area (Å²) in [6.45, 7) is 5.59. The lowest BCUT2D eigenvalue weighted by Gasteiger charge is -2.07. The molecule has 5 nitrogen and oxygen atoms in total. The predicted octanol–water partition coefficient (Wildman–Crippen LogP) is 18.1. The molecule has 354 valence electrons. The van der Waals surface area contributed by atoms with Crippen LogP contribution in [0.2, 0.25) is 0 Å². The predicted molar refractivity (Wildman–Crippen MR) is 279 cm³/mol. The van der Waals surface area contributed by atoms with Gasteiger partial charge in [-0.1, -0.05) is 192 Å². The van der Waals surface area contributed by atoms with Crippen LogP contribution in [-0.2, 0) is 17.6 Å². The topological polar surface area (TPSA) is 60.2 Å². The van der Waals surface area contributed by atoms with Gasteiger partial charge in [0.25, 0.3) is 0 Å². The molecule has 0 spiro atoms. The second-order valence-corrected chi connectivity index (χ2v) is 18.4. The Bertz CT molecular complexity index is 1810. The number of esters is 1. The molecule has 0 aliphatic heterocycles. The molecular formula is C60H86N2O3. The quantitative estimate of drug-likeness (QED) is 0.0256. The fourth-order valence-electron chi connectivity index (χ4n) is 8.31. The van der Waals surface area contributed by atoms with Crippen molar-refractivity contribution in [1.29, 1.82) is 0 Å². The number of carbonyl (C=O) groups excluding carboxylic acids is 1. The Labute approximate surface area is 396 Å².